The Labute approximate surface area is 178 Å². The third-order valence-corrected chi connectivity index (χ3v) is 6.88. The van der Waals surface area contributed by atoms with Gasteiger partial charge in [-0.3, -0.25) is 9.44 Å². The summed E-state index contributed by atoms with van der Waals surface area (Å²) in [7, 11) is -7.18. The van der Waals surface area contributed by atoms with Crippen molar-refractivity contribution < 1.29 is 30.8 Å². The second-order valence-corrected chi connectivity index (χ2v) is 9.57. The number of sulfonamides is 2. The van der Waals surface area contributed by atoms with E-state index in [9.17, 15) is 26.0 Å². The maximum Gasteiger partial charge on any atom is 0.337 e. The number of nitrogens with one attached hydrogen (secondary N) is 2. The number of anilines is 2. The average Bonchev–Trinajstić information content (AvgIpc) is 2.74. The zero-order valence-corrected chi connectivity index (χ0v) is 17.7. The second kappa shape index (κ2) is 8.74. The van der Waals surface area contributed by atoms with Gasteiger partial charge in [-0.15, -0.1) is 0 Å². The van der Waals surface area contributed by atoms with Crippen LogP contribution in [0.1, 0.15) is 10.4 Å². The molecule has 31 heavy (non-hydrogen) atoms. The molecule has 3 rings (SSSR count). The Hall–Kier alpha value is -3.44. The number of carbonyl (C=O) groups excluding carboxylic acids is 1. The fraction of sp³-hybridized carbons (Fsp3) is 0.0500. The first-order valence-corrected chi connectivity index (χ1v) is 11.7. The molecule has 0 aliphatic heterocycles. The van der Waals surface area contributed by atoms with Crippen LogP contribution in [0.4, 0.5) is 15.8 Å². The predicted octanol–water partition coefficient (Wildman–Crippen LogP) is 3.21. The first-order chi connectivity index (χ1) is 14.6. The van der Waals surface area contributed by atoms with Crippen molar-refractivity contribution in [2.45, 2.75) is 9.79 Å². The lowest BCUT2D eigenvalue weighted by Gasteiger charge is -2.11. The summed E-state index contributed by atoms with van der Waals surface area (Å²) < 4.78 is 73.2. The van der Waals surface area contributed by atoms with Crippen molar-refractivity contribution >= 4 is 37.4 Å². The Morgan fingerprint density at radius 3 is 2.00 bits per heavy atom. The minimum absolute atomic E-state index is 0.00142. The molecule has 0 aliphatic rings. The molecule has 0 fully saturated rings. The molecule has 0 saturated carbocycles. The Bertz CT molecular complexity index is 1310. The van der Waals surface area contributed by atoms with Gasteiger partial charge < -0.3 is 4.74 Å². The molecule has 8 nitrogen and oxygen atoms in total. The average molecular weight is 464 g/mol. The van der Waals surface area contributed by atoms with Crippen LogP contribution >= 0.6 is 0 Å². The van der Waals surface area contributed by atoms with Crippen LogP contribution < -0.4 is 9.44 Å². The van der Waals surface area contributed by atoms with Crippen LogP contribution in [0, 0.1) is 5.82 Å². The van der Waals surface area contributed by atoms with Crippen molar-refractivity contribution in [2.24, 2.45) is 0 Å². The molecule has 0 spiro atoms. The third-order valence-electron chi connectivity index (χ3n) is 4.08. The minimum atomic E-state index is -4.40. The van der Waals surface area contributed by atoms with Crippen LogP contribution in [0.15, 0.2) is 82.6 Å². The van der Waals surface area contributed by atoms with Crippen molar-refractivity contribution in [3.8, 4) is 0 Å². The summed E-state index contributed by atoms with van der Waals surface area (Å²) in [5.74, 6) is -1.89. The quantitative estimate of drug-likeness (QED) is 0.519. The highest BCUT2D eigenvalue weighted by Crippen LogP contribution is 2.23. The summed E-state index contributed by atoms with van der Waals surface area (Å²) in [6.45, 7) is 0. The van der Waals surface area contributed by atoms with E-state index in [0.29, 0.717) is 5.69 Å². The van der Waals surface area contributed by atoms with Crippen LogP contribution in [0.3, 0.4) is 0 Å². The van der Waals surface area contributed by atoms with E-state index in [0.717, 1.165) is 25.3 Å². The number of hydrogen-bond acceptors (Lipinski definition) is 6. The van der Waals surface area contributed by atoms with Crippen LogP contribution in [-0.2, 0) is 24.8 Å². The van der Waals surface area contributed by atoms with E-state index in [4.69, 9.17) is 0 Å². The fourth-order valence-electron chi connectivity index (χ4n) is 2.59. The maximum atomic E-state index is 14.1. The highest BCUT2D eigenvalue weighted by Gasteiger charge is 2.22. The largest absolute Gasteiger partial charge is 0.465 e. The zero-order chi connectivity index (χ0) is 22.6. The van der Waals surface area contributed by atoms with Gasteiger partial charge in [0.25, 0.3) is 20.0 Å². The molecule has 0 aliphatic carbocycles. The van der Waals surface area contributed by atoms with E-state index in [-0.39, 0.29) is 16.1 Å². The van der Waals surface area contributed by atoms with Crippen molar-refractivity contribution in [3.05, 3.63) is 84.2 Å². The maximum absolute atomic E-state index is 14.1. The number of esters is 1. The van der Waals surface area contributed by atoms with Gasteiger partial charge in [-0.1, -0.05) is 18.2 Å². The molecule has 0 unspecified atom stereocenters. The summed E-state index contributed by atoms with van der Waals surface area (Å²) in [5.41, 5.74) is 0.229. The molecule has 0 aromatic heterocycles. The predicted molar refractivity (Wildman–Crippen MR) is 112 cm³/mol. The number of ether oxygens (including phenoxy) is 1. The lowest BCUT2D eigenvalue weighted by atomic mass is 10.2. The van der Waals surface area contributed by atoms with Gasteiger partial charge in [0, 0.05) is 11.4 Å². The standard InChI is InChI=1S/C20H17FN2O6S2/c1-29-20(24)14-7-12-18(21)19(13-14)31(27,28)23-16-8-10-17(11-9-16)30(25,26)22-15-5-3-2-4-6-15/h2-13,22-23H,1H3. The van der Waals surface area contributed by atoms with Gasteiger partial charge in [0.2, 0.25) is 0 Å². The lowest BCUT2D eigenvalue weighted by Crippen LogP contribution is -2.16. The monoisotopic (exact) mass is 464 g/mol. The van der Waals surface area contributed by atoms with Gasteiger partial charge in [-0.2, -0.15) is 0 Å². The highest BCUT2D eigenvalue weighted by atomic mass is 32.2. The van der Waals surface area contributed by atoms with Gasteiger partial charge in [0.1, 0.15) is 10.7 Å². The summed E-state index contributed by atoms with van der Waals surface area (Å²) >= 11 is 0. The molecule has 11 heteroatoms. The van der Waals surface area contributed by atoms with Crippen molar-refractivity contribution in [2.75, 3.05) is 16.6 Å². The van der Waals surface area contributed by atoms with E-state index in [1.807, 2.05) is 0 Å². The summed E-state index contributed by atoms with van der Waals surface area (Å²) in [6, 6.07) is 15.9. The number of methoxy groups -OCH3 is 1. The summed E-state index contributed by atoms with van der Waals surface area (Å²) in [4.78, 5) is 10.8. The zero-order valence-electron chi connectivity index (χ0n) is 16.1. The van der Waals surface area contributed by atoms with Gasteiger partial charge in [-0.05, 0) is 54.6 Å². The number of benzene rings is 3. The topological polar surface area (TPSA) is 119 Å². The van der Waals surface area contributed by atoms with Crippen LogP contribution in [0.5, 0.6) is 0 Å². The van der Waals surface area contributed by atoms with E-state index in [1.165, 1.54) is 24.3 Å². The van der Waals surface area contributed by atoms with E-state index in [2.05, 4.69) is 14.2 Å². The Morgan fingerprint density at radius 2 is 1.39 bits per heavy atom. The molecule has 0 bridgehead atoms. The normalized spacial score (nSPS) is 11.5. The Morgan fingerprint density at radius 1 is 0.806 bits per heavy atom. The van der Waals surface area contributed by atoms with Gasteiger partial charge in [-0.25, -0.2) is 26.0 Å². The number of hydrogen-bond donors (Lipinski definition) is 2. The molecule has 0 radical (unpaired) electrons. The van der Waals surface area contributed by atoms with E-state index in [1.54, 1.807) is 30.3 Å². The molecule has 0 atom stereocenters. The number of para-hydroxylation sites is 1. The minimum Gasteiger partial charge on any atom is -0.465 e. The van der Waals surface area contributed by atoms with Crippen molar-refractivity contribution in [3.63, 3.8) is 0 Å². The lowest BCUT2D eigenvalue weighted by molar-refractivity contribution is 0.0600. The van der Waals surface area contributed by atoms with Gasteiger partial charge in [0.05, 0.1) is 17.6 Å². The first-order valence-electron chi connectivity index (χ1n) is 8.71. The molecule has 2 N–H and O–H groups in total. The molecular formula is C20H17FN2O6S2. The second-order valence-electron chi connectivity index (χ2n) is 6.24. The van der Waals surface area contributed by atoms with Crippen LogP contribution in [-0.4, -0.2) is 29.9 Å². The number of carbonyl (C=O) groups is 1. The summed E-state index contributed by atoms with van der Waals surface area (Å²) in [5, 5.41) is 0. The number of rotatable bonds is 7. The van der Waals surface area contributed by atoms with Crippen LogP contribution in [0.2, 0.25) is 0 Å². The SMILES string of the molecule is COC(=O)c1ccc(F)c(S(=O)(=O)Nc2ccc(S(=O)(=O)Nc3ccccc3)cc2)c1. The van der Waals surface area contributed by atoms with Crippen molar-refractivity contribution in [1.29, 1.82) is 0 Å². The fourth-order valence-corrected chi connectivity index (χ4v) is 4.81. The van der Waals surface area contributed by atoms with Gasteiger partial charge >= 0.3 is 5.97 Å². The van der Waals surface area contributed by atoms with E-state index >= 15 is 0 Å². The third kappa shape index (κ3) is 5.19. The number of halogens is 1. The Balaban J connectivity index is 1.83. The highest BCUT2D eigenvalue weighted by molar-refractivity contribution is 7.93. The first kappa shape index (κ1) is 22.2. The van der Waals surface area contributed by atoms with Gasteiger partial charge in [0.15, 0.2) is 0 Å². The molecule has 0 heterocycles. The summed E-state index contributed by atoms with van der Waals surface area (Å²) in [6.07, 6.45) is 0. The van der Waals surface area contributed by atoms with E-state index < -0.39 is 36.7 Å². The molecule has 0 saturated heterocycles. The Kier molecular flexibility index (Phi) is 6.27. The van der Waals surface area contributed by atoms with Crippen LogP contribution in [0.25, 0.3) is 0 Å². The molecule has 3 aromatic rings. The molecule has 162 valence electrons. The van der Waals surface area contributed by atoms with Crippen molar-refractivity contribution in [1.82, 2.24) is 0 Å². The molecule has 3 aromatic carbocycles. The molecular weight excluding hydrogens is 447 g/mol. The smallest absolute Gasteiger partial charge is 0.337 e. The molecule has 0 amide bonds.